The van der Waals surface area contributed by atoms with Gasteiger partial charge in [0.1, 0.15) is 11.6 Å². The lowest BCUT2D eigenvalue weighted by Crippen LogP contribution is -2.24. The lowest BCUT2D eigenvalue weighted by Gasteiger charge is -2.33. The van der Waals surface area contributed by atoms with Crippen LogP contribution < -0.4 is 0 Å². The van der Waals surface area contributed by atoms with Gasteiger partial charge in [-0.3, -0.25) is 0 Å². The molecule has 1 aromatic carbocycles. The molecule has 3 rings (SSSR count). The number of nitrogens with zero attached hydrogens (tertiary/aromatic N) is 2. The summed E-state index contributed by atoms with van der Waals surface area (Å²) in [4.78, 5) is 4.53. The molecule has 1 aromatic heterocycles. The quantitative estimate of drug-likeness (QED) is 0.713. The molecule has 1 heterocycles. The first-order valence-electron chi connectivity index (χ1n) is 6.53. The third-order valence-corrected chi connectivity index (χ3v) is 5.01. The van der Waals surface area contributed by atoms with Gasteiger partial charge in [0.25, 0.3) is 0 Å². The van der Waals surface area contributed by atoms with Gasteiger partial charge in [-0.25, -0.2) is 9.37 Å². The Morgan fingerprint density at radius 1 is 1.53 bits per heavy atom. The van der Waals surface area contributed by atoms with Crippen molar-refractivity contribution in [2.24, 2.45) is 5.92 Å². The van der Waals surface area contributed by atoms with Crippen LogP contribution in [0.25, 0.3) is 11.0 Å². The van der Waals surface area contributed by atoms with Gasteiger partial charge in [-0.15, -0.1) is 11.6 Å². The first kappa shape index (κ1) is 13.4. The minimum atomic E-state index is -0.254. The van der Waals surface area contributed by atoms with E-state index in [1.807, 2.05) is 0 Å². The van der Waals surface area contributed by atoms with E-state index in [9.17, 15) is 4.39 Å². The van der Waals surface area contributed by atoms with E-state index in [1.165, 1.54) is 19.3 Å². The van der Waals surface area contributed by atoms with Gasteiger partial charge in [-0.05, 0) is 47.7 Å². The van der Waals surface area contributed by atoms with E-state index in [0.717, 1.165) is 16.9 Å². The Hall–Kier alpha value is -0.610. The van der Waals surface area contributed by atoms with Crippen LogP contribution >= 0.6 is 27.5 Å². The number of hydrogen-bond acceptors (Lipinski definition) is 1. The minimum absolute atomic E-state index is 0.254. The van der Waals surface area contributed by atoms with E-state index < -0.39 is 0 Å². The van der Waals surface area contributed by atoms with Gasteiger partial charge in [0.15, 0.2) is 0 Å². The van der Waals surface area contributed by atoms with Crippen molar-refractivity contribution in [3.63, 3.8) is 0 Å². The fourth-order valence-electron chi connectivity index (χ4n) is 2.82. The van der Waals surface area contributed by atoms with Crippen LogP contribution in [0.1, 0.15) is 38.1 Å². The van der Waals surface area contributed by atoms with Crippen LogP contribution in [-0.2, 0) is 5.88 Å². The molecule has 5 heteroatoms. The Balaban J connectivity index is 2.16. The predicted octanol–water partition coefficient (Wildman–Crippen LogP) is 5.04. The number of aromatic nitrogens is 2. The van der Waals surface area contributed by atoms with Crippen molar-refractivity contribution >= 4 is 38.6 Å². The summed E-state index contributed by atoms with van der Waals surface area (Å²) in [6, 6.07) is 3.61. The molecule has 0 aliphatic heterocycles. The van der Waals surface area contributed by atoms with Crippen LogP contribution in [0.5, 0.6) is 0 Å². The maximum atomic E-state index is 13.8. The standard InChI is InChI=1S/C14H15BrClFN2/c1-8(9-3-2-4-9)19-13-6-11(17)10(15)5-12(13)18-14(19)7-16/h5-6,8-9H,2-4,7H2,1H3. The van der Waals surface area contributed by atoms with Crippen molar-refractivity contribution < 1.29 is 4.39 Å². The molecule has 102 valence electrons. The van der Waals surface area contributed by atoms with Crippen molar-refractivity contribution in [1.82, 2.24) is 9.55 Å². The highest BCUT2D eigenvalue weighted by Gasteiger charge is 2.28. The van der Waals surface area contributed by atoms with E-state index in [1.54, 1.807) is 12.1 Å². The van der Waals surface area contributed by atoms with Gasteiger partial charge in [0.05, 0.1) is 21.4 Å². The number of rotatable bonds is 3. The Morgan fingerprint density at radius 3 is 2.84 bits per heavy atom. The summed E-state index contributed by atoms with van der Waals surface area (Å²) in [5.41, 5.74) is 1.64. The van der Waals surface area contributed by atoms with E-state index in [-0.39, 0.29) is 5.82 Å². The number of alkyl halides is 1. The van der Waals surface area contributed by atoms with E-state index in [0.29, 0.717) is 22.3 Å². The zero-order chi connectivity index (χ0) is 13.6. The van der Waals surface area contributed by atoms with Crippen molar-refractivity contribution in [1.29, 1.82) is 0 Å². The monoisotopic (exact) mass is 344 g/mol. The van der Waals surface area contributed by atoms with Crippen molar-refractivity contribution in [3.8, 4) is 0 Å². The SMILES string of the molecule is CC(C1CCC1)n1c(CCl)nc2cc(Br)c(F)cc21. The second-order valence-corrected chi connectivity index (χ2v) is 6.34. The molecule has 0 bridgehead atoms. The molecule has 1 aliphatic carbocycles. The molecule has 0 spiro atoms. The highest BCUT2D eigenvalue weighted by atomic mass is 79.9. The lowest BCUT2D eigenvalue weighted by molar-refractivity contribution is 0.223. The molecule has 0 N–H and O–H groups in total. The normalized spacial score (nSPS) is 17.7. The summed E-state index contributed by atoms with van der Waals surface area (Å²) < 4.78 is 16.3. The van der Waals surface area contributed by atoms with Gasteiger partial charge in [0, 0.05) is 12.1 Å². The van der Waals surface area contributed by atoms with Gasteiger partial charge in [0.2, 0.25) is 0 Å². The third-order valence-electron chi connectivity index (χ3n) is 4.16. The molecule has 0 saturated heterocycles. The molecule has 0 radical (unpaired) electrons. The van der Waals surface area contributed by atoms with Crippen LogP contribution in [0, 0.1) is 11.7 Å². The Morgan fingerprint density at radius 2 is 2.26 bits per heavy atom. The molecule has 1 saturated carbocycles. The van der Waals surface area contributed by atoms with E-state index in [2.05, 4.69) is 32.4 Å². The summed E-state index contributed by atoms with van der Waals surface area (Å²) in [5, 5.41) is 0. The minimum Gasteiger partial charge on any atom is -0.324 e. The lowest BCUT2D eigenvalue weighted by atomic mass is 9.80. The first-order valence-corrected chi connectivity index (χ1v) is 7.86. The van der Waals surface area contributed by atoms with Gasteiger partial charge in [-0.2, -0.15) is 0 Å². The molecule has 19 heavy (non-hydrogen) atoms. The molecular weight excluding hydrogens is 331 g/mol. The highest BCUT2D eigenvalue weighted by molar-refractivity contribution is 9.10. The molecule has 1 aliphatic rings. The van der Waals surface area contributed by atoms with Crippen LogP contribution in [0.2, 0.25) is 0 Å². The average molecular weight is 346 g/mol. The molecule has 1 unspecified atom stereocenters. The second kappa shape index (κ2) is 5.06. The zero-order valence-corrected chi connectivity index (χ0v) is 13.0. The smallest absolute Gasteiger partial charge is 0.139 e. The highest BCUT2D eigenvalue weighted by Crippen LogP contribution is 2.39. The second-order valence-electron chi connectivity index (χ2n) is 5.22. The molecule has 0 amide bonds. The Labute approximate surface area is 125 Å². The Bertz CT molecular complexity index is 621. The number of benzene rings is 1. The summed E-state index contributed by atoms with van der Waals surface area (Å²) >= 11 is 9.21. The summed E-state index contributed by atoms with van der Waals surface area (Å²) in [6.07, 6.45) is 3.76. The molecular formula is C14H15BrClFN2. The molecule has 2 aromatic rings. The maximum Gasteiger partial charge on any atom is 0.139 e. The summed E-state index contributed by atoms with van der Waals surface area (Å²) in [5.74, 6) is 1.58. The van der Waals surface area contributed by atoms with Gasteiger partial charge >= 0.3 is 0 Å². The number of halogens is 3. The molecule has 1 atom stereocenters. The summed E-state index contributed by atoms with van der Waals surface area (Å²) in [7, 11) is 0. The van der Waals surface area contributed by atoms with Gasteiger partial charge < -0.3 is 4.57 Å². The number of imidazole rings is 1. The number of fused-ring (bicyclic) bond motifs is 1. The number of hydrogen-bond donors (Lipinski definition) is 0. The van der Waals surface area contributed by atoms with Crippen molar-refractivity contribution in [2.45, 2.75) is 38.1 Å². The largest absolute Gasteiger partial charge is 0.324 e. The van der Waals surface area contributed by atoms with Gasteiger partial charge in [-0.1, -0.05) is 6.42 Å². The third kappa shape index (κ3) is 2.19. The van der Waals surface area contributed by atoms with Crippen molar-refractivity contribution in [2.75, 3.05) is 0 Å². The maximum absolute atomic E-state index is 13.8. The van der Waals surface area contributed by atoms with Crippen molar-refractivity contribution in [3.05, 3.63) is 28.2 Å². The Kier molecular flexibility index (Phi) is 3.56. The fraction of sp³-hybridized carbons (Fsp3) is 0.500. The topological polar surface area (TPSA) is 17.8 Å². The zero-order valence-electron chi connectivity index (χ0n) is 10.7. The predicted molar refractivity (Wildman–Crippen MR) is 79.0 cm³/mol. The summed E-state index contributed by atoms with van der Waals surface area (Å²) in [6.45, 7) is 2.18. The molecule has 1 fully saturated rings. The average Bonchev–Trinajstić information content (AvgIpc) is 2.65. The van der Waals surface area contributed by atoms with Crippen LogP contribution in [0.4, 0.5) is 4.39 Å². The fourth-order valence-corrected chi connectivity index (χ4v) is 3.34. The van der Waals surface area contributed by atoms with E-state index in [4.69, 9.17) is 11.6 Å². The van der Waals surface area contributed by atoms with Crippen LogP contribution in [-0.4, -0.2) is 9.55 Å². The van der Waals surface area contributed by atoms with Crippen LogP contribution in [0.15, 0.2) is 16.6 Å². The van der Waals surface area contributed by atoms with Crippen LogP contribution in [0.3, 0.4) is 0 Å². The molecule has 2 nitrogen and oxygen atoms in total. The first-order chi connectivity index (χ1) is 9.11. The van der Waals surface area contributed by atoms with E-state index >= 15 is 0 Å².